The van der Waals surface area contributed by atoms with Crippen LogP contribution in [0.25, 0.3) is 0 Å². The molecule has 6 rings (SSSR count). The minimum Gasteiger partial charge on any atom is -0.475 e. The Morgan fingerprint density at radius 2 is 1.81 bits per heavy atom. The van der Waals surface area contributed by atoms with Crippen LogP contribution in [0.4, 0.5) is 0 Å². The molecule has 0 spiro atoms. The molecule has 5 fully saturated rings. The molecule has 1 saturated heterocycles. The van der Waals surface area contributed by atoms with Gasteiger partial charge in [-0.3, -0.25) is 4.79 Å². The summed E-state index contributed by atoms with van der Waals surface area (Å²) in [5.74, 6) is 4.57. The SMILES string of the molecule is CC(C)Oc1c(C(=O)NC2C3CC4CC(C3)CC2C4)cnn1CCC1CCNCC1.Cl. The van der Waals surface area contributed by atoms with E-state index in [1.165, 1.54) is 44.9 Å². The van der Waals surface area contributed by atoms with Gasteiger partial charge in [0.2, 0.25) is 5.88 Å². The van der Waals surface area contributed by atoms with Gasteiger partial charge in [-0.15, -0.1) is 12.4 Å². The quantitative estimate of drug-likeness (QED) is 0.657. The van der Waals surface area contributed by atoms with Gasteiger partial charge in [0.05, 0.1) is 12.3 Å². The van der Waals surface area contributed by atoms with Gasteiger partial charge in [-0.1, -0.05) is 0 Å². The molecule has 7 heteroatoms. The summed E-state index contributed by atoms with van der Waals surface area (Å²) in [5, 5.41) is 11.4. The first-order valence-electron chi connectivity index (χ1n) is 12.3. The molecule has 4 bridgehead atoms. The van der Waals surface area contributed by atoms with Crippen molar-refractivity contribution in [3.8, 4) is 5.88 Å². The van der Waals surface area contributed by atoms with E-state index in [0.717, 1.165) is 43.8 Å². The number of hydrogen-bond acceptors (Lipinski definition) is 4. The Kier molecular flexibility index (Phi) is 7.17. The highest BCUT2D eigenvalue weighted by Gasteiger charge is 2.48. The van der Waals surface area contributed by atoms with Crippen LogP contribution < -0.4 is 15.4 Å². The number of amides is 1. The number of nitrogens with one attached hydrogen (secondary N) is 2. The van der Waals surface area contributed by atoms with Crippen LogP contribution in [0.1, 0.15) is 75.6 Å². The molecule has 0 aromatic carbocycles. The van der Waals surface area contributed by atoms with Gasteiger partial charge in [0.15, 0.2) is 0 Å². The molecule has 0 radical (unpaired) electrons. The normalized spacial score (nSPS) is 32.2. The van der Waals surface area contributed by atoms with Crippen molar-refractivity contribution < 1.29 is 9.53 Å². The van der Waals surface area contributed by atoms with E-state index in [9.17, 15) is 4.79 Å². The lowest BCUT2D eigenvalue weighted by Crippen LogP contribution is -2.55. The maximum Gasteiger partial charge on any atom is 0.258 e. The molecule has 5 aliphatic rings. The summed E-state index contributed by atoms with van der Waals surface area (Å²) >= 11 is 0. The van der Waals surface area contributed by atoms with Crippen LogP contribution in [0.2, 0.25) is 0 Å². The largest absolute Gasteiger partial charge is 0.475 e. The zero-order valence-corrected chi connectivity index (χ0v) is 19.8. The fourth-order valence-electron chi connectivity index (χ4n) is 6.90. The molecule has 1 aliphatic heterocycles. The molecule has 31 heavy (non-hydrogen) atoms. The van der Waals surface area contributed by atoms with Crippen LogP contribution >= 0.6 is 12.4 Å². The Bertz CT molecular complexity index is 731. The van der Waals surface area contributed by atoms with E-state index in [4.69, 9.17) is 4.74 Å². The third-order valence-corrected chi connectivity index (χ3v) is 8.12. The summed E-state index contributed by atoms with van der Waals surface area (Å²) in [4.78, 5) is 13.3. The fourth-order valence-corrected chi connectivity index (χ4v) is 6.90. The van der Waals surface area contributed by atoms with Gasteiger partial charge >= 0.3 is 0 Å². The summed E-state index contributed by atoms with van der Waals surface area (Å²) in [6.45, 7) is 7.07. The zero-order valence-electron chi connectivity index (χ0n) is 19.0. The number of hydrogen-bond donors (Lipinski definition) is 2. The van der Waals surface area contributed by atoms with Crippen LogP contribution in [0.5, 0.6) is 5.88 Å². The van der Waals surface area contributed by atoms with Gasteiger partial charge in [0.25, 0.3) is 5.91 Å². The molecule has 2 heterocycles. The predicted octanol–water partition coefficient (Wildman–Crippen LogP) is 4.04. The minimum absolute atomic E-state index is 0. The van der Waals surface area contributed by atoms with Gasteiger partial charge in [0, 0.05) is 12.6 Å². The van der Waals surface area contributed by atoms with Crippen molar-refractivity contribution in [3.05, 3.63) is 11.8 Å². The van der Waals surface area contributed by atoms with Crippen molar-refractivity contribution in [2.24, 2.45) is 29.6 Å². The maximum absolute atomic E-state index is 13.3. The predicted molar refractivity (Wildman–Crippen MR) is 124 cm³/mol. The smallest absolute Gasteiger partial charge is 0.258 e. The number of carbonyl (C=O) groups excluding carboxylic acids is 1. The molecule has 1 aromatic heterocycles. The Morgan fingerprint density at radius 3 is 2.42 bits per heavy atom. The molecular weight excluding hydrogens is 412 g/mol. The monoisotopic (exact) mass is 450 g/mol. The Morgan fingerprint density at radius 1 is 1.16 bits per heavy atom. The second-order valence-corrected chi connectivity index (χ2v) is 10.7. The third kappa shape index (κ3) is 4.90. The second-order valence-electron chi connectivity index (χ2n) is 10.7. The van der Waals surface area contributed by atoms with Crippen LogP contribution in [-0.4, -0.2) is 40.9 Å². The zero-order chi connectivity index (χ0) is 20.7. The summed E-state index contributed by atoms with van der Waals surface area (Å²) in [6, 6.07) is 0.343. The van der Waals surface area contributed by atoms with E-state index < -0.39 is 0 Å². The lowest BCUT2D eigenvalue weighted by molar-refractivity contribution is -0.0120. The minimum atomic E-state index is 0. The van der Waals surface area contributed by atoms with Crippen molar-refractivity contribution >= 4 is 18.3 Å². The summed E-state index contributed by atoms with van der Waals surface area (Å²) in [7, 11) is 0. The van der Waals surface area contributed by atoms with E-state index in [0.29, 0.717) is 29.3 Å². The summed E-state index contributed by atoms with van der Waals surface area (Å²) in [5.41, 5.74) is 0.614. The molecule has 1 amide bonds. The first-order chi connectivity index (χ1) is 14.6. The van der Waals surface area contributed by atoms with Crippen LogP contribution in [-0.2, 0) is 6.54 Å². The Hall–Kier alpha value is -1.27. The Balaban J connectivity index is 0.00000231. The van der Waals surface area contributed by atoms with E-state index in [1.54, 1.807) is 6.20 Å². The van der Waals surface area contributed by atoms with Crippen molar-refractivity contribution in [1.29, 1.82) is 0 Å². The second kappa shape index (κ2) is 9.70. The van der Waals surface area contributed by atoms with Crippen molar-refractivity contribution in [3.63, 3.8) is 0 Å². The Labute approximate surface area is 192 Å². The van der Waals surface area contributed by atoms with Crippen LogP contribution in [0.15, 0.2) is 6.20 Å². The van der Waals surface area contributed by atoms with Crippen LogP contribution in [0, 0.1) is 29.6 Å². The molecule has 2 N–H and O–H groups in total. The molecule has 4 aliphatic carbocycles. The summed E-state index contributed by atoms with van der Waals surface area (Å²) < 4.78 is 8.04. The number of nitrogens with zero attached hydrogens (tertiary/aromatic N) is 2. The number of halogens is 1. The van der Waals surface area contributed by atoms with Crippen molar-refractivity contribution in [1.82, 2.24) is 20.4 Å². The number of rotatable bonds is 7. The van der Waals surface area contributed by atoms with Crippen LogP contribution in [0.3, 0.4) is 0 Å². The molecule has 0 atom stereocenters. The van der Waals surface area contributed by atoms with Gasteiger partial charge in [-0.25, -0.2) is 4.68 Å². The fraction of sp³-hybridized carbons (Fsp3) is 0.833. The van der Waals surface area contributed by atoms with Crippen molar-refractivity contribution in [2.45, 2.75) is 83.9 Å². The molecule has 174 valence electrons. The first kappa shape index (κ1) is 22.9. The van der Waals surface area contributed by atoms with Gasteiger partial charge in [-0.05, 0) is 108 Å². The maximum atomic E-state index is 13.3. The molecule has 0 unspecified atom stereocenters. The highest BCUT2D eigenvalue weighted by Crippen LogP contribution is 2.53. The van der Waals surface area contributed by atoms with Gasteiger partial charge in [0.1, 0.15) is 5.56 Å². The van der Waals surface area contributed by atoms with E-state index >= 15 is 0 Å². The number of aromatic nitrogens is 2. The highest BCUT2D eigenvalue weighted by atomic mass is 35.5. The average molecular weight is 451 g/mol. The number of ether oxygens (including phenoxy) is 1. The number of piperidine rings is 1. The van der Waals surface area contributed by atoms with E-state index in [-0.39, 0.29) is 24.4 Å². The highest BCUT2D eigenvalue weighted by molar-refractivity contribution is 5.96. The first-order valence-corrected chi connectivity index (χ1v) is 12.3. The summed E-state index contributed by atoms with van der Waals surface area (Å²) in [6.07, 6.45) is 12.0. The van der Waals surface area contributed by atoms with Gasteiger partial charge in [-0.2, -0.15) is 5.10 Å². The number of carbonyl (C=O) groups is 1. The topological polar surface area (TPSA) is 68.2 Å². The lowest BCUT2D eigenvalue weighted by atomic mass is 9.54. The van der Waals surface area contributed by atoms with Crippen molar-refractivity contribution in [2.75, 3.05) is 13.1 Å². The molecule has 6 nitrogen and oxygen atoms in total. The lowest BCUT2D eigenvalue weighted by Gasteiger charge is -2.54. The average Bonchev–Trinajstić information content (AvgIpc) is 3.11. The standard InChI is InChI=1S/C24H38N4O2.ClH/c1-15(2)30-24-21(14-26-28(24)8-5-16-3-6-25-7-4-16)23(29)27-22-19-10-17-9-18(12-19)13-20(22)11-17;/h14-20,22,25H,3-13H2,1-2H3,(H,27,29);1H. The number of aryl methyl sites for hydroxylation is 1. The van der Waals surface area contributed by atoms with E-state index in [1.807, 2.05) is 18.5 Å². The molecular formula is C24H39ClN4O2. The molecule has 4 saturated carbocycles. The molecule has 1 aromatic rings. The van der Waals surface area contributed by atoms with E-state index in [2.05, 4.69) is 15.7 Å². The van der Waals surface area contributed by atoms with Gasteiger partial charge < -0.3 is 15.4 Å². The third-order valence-electron chi connectivity index (χ3n) is 8.12.